The highest BCUT2D eigenvalue weighted by Gasteiger charge is 2.22. The number of rotatable bonds is 13. The van der Waals surface area contributed by atoms with Crippen LogP contribution in [-0.2, 0) is 23.0 Å². The summed E-state index contributed by atoms with van der Waals surface area (Å²) in [7, 11) is -0.330. The van der Waals surface area contributed by atoms with Crippen molar-refractivity contribution >= 4 is 50.0 Å². The van der Waals surface area contributed by atoms with Crippen LogP contribution in [0.4, 0.5) is 5.69 Å². The lowest BCUT2D eigenvalue weighted by Crippen LogP contribution is -2.32. The molecule has 1 heterocycles. The van der Waals surface area contributed by atoms with Crippen LogP contribution in [-0.4, -0.2) is 52.0 Å². The van der Waals surface area contributed by atoms with E-state index in [1.165, 1.54) is 12.1 Å². The molecule has 5 rings (SSSR count). The van der Waals surface area contributed by atoms with E-state index >= 15 is 0 Å². The topological polar surface area (TPSA) is 110 Å². The number of amides is 2. The first-order valence-corrected chi connectivity index (χ1v) is 17.5. The first kappa shape index (κ1) is 34.5. The molecule has 250 valence electrons. The molecule has 0 radical (unpaired) electrons. The quantitative estimate of drug-likeness (QED) is 0.136. The molecule has 0 unspecified atom stereocenters. The molecule has 11 heteroatoms. The largest absolute Gasteiger partial charge is 0.494 e. The summed E-state index contributed by atoms with van der Waals surface area (Å²) < 4.78 is 36.5. The normalized spacial score (nSPS) is 11.4. The van der Waals surface area contributed by atoms with Gasteiger partial charge in [-0.25, -0.2) is 13.1 Å². The summed E-state index contributed by atoms with van der Waals surface area (Å²) in [6.07, 6.45) is 1.09. The molecule has 0 fully saturated rings. The Morgan fingerprint density at radius 3 is 2.29 bits per heavy atom. The number of fused-ring (bicyclic) bond motifs is 1. The summed E-state index contributed by atoms with van der Waals surface area (Å²) in [5.74, 6) is -0.184. The summed E-state index contributed by atoms with van der Waals surface area (Å²) in [4.78, 5) is 27.9. The number of benzene rings is 4. The molecule has 0 bridgehead atoms. The third-order valence-corrected chi connectivity index (χ3v) is 9.98. The number of carbonyl (C=O) groups excluding carboxylic acids is 2. The second-order valence-electron chi connectivity index (χ2n) is 11.8. The number of aryl methyl sites for hydroxylation is 3. The van der Waals surface area contributed by atoms with Crippen molar-refractivity contribution < 1.29 is 22.7 Å². The number of para-hydroxylation sites is 1. The molecule has 2 amide bonds. The van der Waals surface area contributed by atoms with Crippen molar-refractivity contribution in [1.82, 2.24) is 14.6 Å². The van der Waals surface area contributed by atoms with Crippen LogP contribution in [0.25, 0.3) is 10.9 Å². The van der Waals surface area contributed by atoms with Crippen LogP contribution in [0.15, 0.2) is 95.9 Å². The Kier molecular flexibility index (Phi) is 10.8. The minimum Gasteiger partial charge on any atom is -0.494 e. The number of aromatic nitrogens is 1. The molecule has 48 heavy (non-hydrogen) atoms. The number of anilines is 1. The fourth-order valence-electron chi connectivity index (χ4n) is 5.46. The molecule has 0 saturated carbocycles. The molecule has 1 aromatic heterocycles. The third-order valence-electron chi connectivity index (χ3n) is 8.03. The lowest BCUT2D eigenvalue weighted by Gasteiger charge is -2.14. The van der Waals surface area contributed by atoms with Gasteiger partial charge in [-0.3, -0.25) is 9.59 Å². The molecule has 0 aliphatic rings. The Labute approximate surface area is 286 Å². The van der Waals surface area contributed by atoms with Gasteiger partial charge >= 0.3 is 0 Å². The minimum atomic E-state index is -4.15. The van der Waals surface area contributed by atoms with Crippen molar-refractivity contribution in [2.75, 3.05) is 32.1 Å². The van der Waals surface area contributed by atoms with E-state index in [0.29, 0.717) is 43.1 Å². The smallest absolute Gasteiger partial charge is 0.281 e. The summed E-state index contributed by atoms with van der Waals surface area (Å²) in [5.41, 5.74) is 5.26. The predicted octanol–water partition coefficient (Wildman–Crippen LogP) is 6.54. The van der Waals surface area contributed by atoms with Crippen LogP contribution in [0.5, 0.6) is 5.75 Å². The number of sulfonamides is 1. The number of nitrogens with zero attached hydrogens (tertiary/aromatic N) is 2. The van der Waals surface area contributed by atoms with E-state index in [1.54, 1.807) is 24.3 Å². The van der Waals surface area contributed by atoms with Gasteiger partial charge in [-0.2, -0.15) is 0 Å². The van der Waals surface area contributed by atoms with Crippen LogP contribution in [0.2, 0.25) is 5.02 Å². The highest BCUT2D eigenvalue weighted by molar-refractivity contribution is 7.90. The SMILES string of the molecule is Cc1cc(OCCCn2c(C(=O)NS(=O)(=O)c3ccc(CCNC(=O)c4cccc(N(C)C)c4)cc3)cc3ccccc32)cc(C)c1Cl. The second-order valence-corrected chi connectivity index (χ2v) is 13.9. The van der Waals surface area contributed by atoms with Gasteiger partial charge in [0.1, 0.15) is 11.4 Å². The second kappa shape index (κ2) is 15.0. The number of carbonyl (C=O) groups is 2. The molecule has 0 saturated heterocycles. The lowest BCUT2D eigenvalue weighted by atomic mass is 10.1. The molecule has 0 aliphatic carbocycles. The van der Waals surface area contributed by atoms with Crippen molar-refractivity contribution in [1.29, 1.82) is 0 Å². The van der Waals surface area contributed by atoms with Gasteiger partial charge < -0.3 is 19.5 Å². The molecule has 0 atom stereocenters. The molecular weight excluding hydrogens is 648 g/mol. The van der Waals surface area contributed by atoms with E-state index in [9.17, 15) is 18.0 Å². The number of hydrogen-bond acceptors (Lipinski definition) is 6. The lowest BCUT2D eigenvalue weighted by molar-refractivity contribution is 0.0951. The molecule has 5 aromatic rings. The van der Waals surface area contributed by atoms with Gasteiger partial charge in [-0.1, -0.05) is 48.0 Å². The van der Waals surface area contributed by atoms with Gasteiger partial charge in [0, 0.05) is 54.4 Å². The van der Waals surface area contributed by atoms with E-state index in [0.717, 1.165) is 39.0 Å². The summed E-state index contributed by atoms with van der Waals surface area (Å²) in [5, 5.41) is 4.44. The van der Waals surface area contributed by atoms with Crippen molar-refractivity contribution in [3.8, 4) is 5.75 Å². The fraction of sp³-hybridized carbons (Fsp3) is 0.243. The minimum absolute atomic E-state index is 0.0336. The van der Waals surface area contributed by atoms with E-state index < -0.39 is 15.9 Å². The number of nitrogens with one attached hydrogen (secondary N) is 2. The number of hydrogen-bond donors (Lipinski definition) is 2. The Morgan fingerprint density at radius 1 is 0.875 bits per heavy atom. The van der Waals surface area contributed by atoms with Crippen molar-refractivity contribution in [2.24, 2.45) is 0 Å². The molecule has 2 N–H and O–H groups in total. The maximum Gasteiger partial charge on any atom is 0.281 e. The zero-order valence-electron chi connectivity index (χ0n) is 27.4. The van der Waals surface area contributed by atoms with Crippen LogP contribution < -0.4 is 19.7 Å². The van der Waals surface area contributed by atoms with Gasteiger partial charge in [0.05, 0.1) is 11.5 Å². The first-order valence-electron chi connectivity index (χ1n) is 15.6. The summed E-state index contributed by atoms with van der Waals surface area (Å²) >= 11 is 6.28. The van der Waals surface area contributed by atoms with Gasteiger partial charge in [0.2, 0.25) is 0 Å². The van der Waals surface area contributed by atoms with Gasteiger partial charge in [0.25, 0.3) is 21.8 Å². The van der Waals surface area contributed by atoms with Gasteiger partial charge in [-0.15, -0.1) is 0 Å². The number of ether oxygens (including phenoxy) is 1. The summed E-state index contributed by atoms with van der Waals surface area (Å²) in [6, 6.07) is 26.6. The Bertz CT molecular complexity index is 2030. The van der Waals surface area contributed by atoms with Crippen LogP contribution in [0.1, 0.15) is 44.0 Å². The Morgan fingerprint density at radius 2 is 1.58 bits per heavy atom. The molecule has 9 nitrogen and oxygen atoms in total. The van der Waals surface area contributed by atoms with Crippen LogP contribution >= 0.6 is 11.6 Å². The molecule has 0 spiro atoms. The maximum absolute atomic E-state index is 13.4. The predicted molar refractivity (Wildman–Crippen MR) is 191 cm³/mol. The van der Waals surface area contributed by atoms with Crippen molar-refractivity contribution in [3.05, 3.63) is 124 Å². The van der Waals surface area contributed by atoms with Crippen LogP contribution in [0, 0.1) is 13.8 Å². The van der Waals surface area contributed by atoms with E-state index in [-0.39, 0.29) is 16.5 Å². The highest BCUT2D eigenvalue weighted by Crippen LogP contribution is 2.26. The summed E-state index contributed by atoms with van der Waals surface area (Å²) in [6.45, 7) is 5.07. The maximum atomic E-state index is 13.4. The van der Waals surface area contributed by atoms with E-state index in [4.69, 9.17) is 16.3 Å². The van der Waals surface area contributed by atoms with Crippen molar-refractivity contribution in [3.63, 3.8) is 0 Å². The molecule has 0 aliphatic heterocycles. The monoisotopic (exact) mass is 686 g/mol. The fourth-order valence-corrected chi connectivity index (χ4v) is 6.53. The Balaban J connectivity index is 1.20. The standard InChI is InChI=1S/C37H39ClN4O5S/c1-25-21-31(22-26(2)35(25)38)47-20-8-19-42-33-12-6-5-9-28(33)24-34(42)37(44)40-48(45,46)32-15-13-27(14-16-32)17-18-39-36(43)29-10-7-11-30(23-29)41(3)4/h5-7,9-16,21-24H,8,17-20H2,1-4H3,(H,39,43)(H,40,44). The Hall–Kier alpha value is -4.80. The molecular formula is C37H39ClN4O5S. The average molecular weight is 687 g/mol. The van der Waals surface area contributed by atoms with Crippen molar-refractivity contribution in [2.45, 2.75) is 38.1 Å². The van der Waals surface area contributed by atoms with Gasteiger partial charge in [-0.05, 0) is 98.0 Å². The number of halogens is 1. The highest BCUT2D eigenvalue weighted by atomic mass is 35.5. The van der Waals surface area contributed by atoms with Gasteiger partial charge in [0.15, 0.2) is 0 Å². The zero-order chi connectivity index (χ0) is 34.4. The average Bonchev–Trinajstić information content (AvgIpc) is 3.44. The van der Waals surface area contributed by atoms with Crippen LogP contribution in [0.3, 0.4) is 0 Å². The van der Waals surface area contributed by atoms with E-state index in [1.807, 2.05) is 92.0 Å². The molecule has 4 aromatic carbocycles. The first-order chi connectivity index (χ1) is 22.9. The zero-order valence-corrected chi connectivity index (χ0v) is 29.0. The third kappa shape index (κ3) is 8.18. The van der Waals surface area contributed by atoms with E-state index in [2.05, 4.69) is 10.0 Å².